The van der Waals surface area contributed by atoms with Crippen LogP contribution in [-0.2, 0) is 9.53 Å². The van der Waals surface area contributed by atoms with Crippen molar-refractivity contribution in [1.29, 1.82) is 0 Å². The predicted octanol–water partition coefficient (Wildman–Crippen LogP) is 4.71. The molecule has 1 N–H and O–H groups in total. The van der Waals surface area contributed by atoms with Crippen molar-refractivity contribution in [3.8, 4) is 0 Å². The largest absolute Gasteiger partial charge is 0.454 e. The summed E-state index contributed by atoms with van der Waals surface area (Å²) in [4.78, 5) is 36.4. The minimum atomic E-state index is -0.619. The molecule has 0 unspecified atom stereocenters. The van der Waals surface area contributed by atoms with E-state index in [0.717, 1.165) is 17.0 Å². The number of hydrogen-bond acceptors (Lipinski definition) is 4. The lowest BCUT2D eigenvalue weighted by molar-refractivity contribution is -0.114. The van der Waals surface area contributed by atoms with Gasteiger partial charge >= 0.3 is 5.97 Å². The number of carbonyl (C=O) groups is 3. The van der Waals surface area contributed by atoms with Gasteiger partial charge in [-0.3, -0.25) is 9.59 Å². The first kappa shape index (κ1) is 22.0. The molecule has 0 spiro atoms. The van der Waals surface area contributed by atoms with Gasteiger partial charge in [0, 0.05) is 29.6 Å². The molecule has 3 rings (SSSR count). The van der Waals surface area contributed by atoms with Crippen LogP contribution in [0.25, 0.3) is 0 Å². The Morgan fingerprint density at radius 3 is 2.39 bits per heavy atom. The van der Waals surface area contributed by atoms with Crippen molar-refractivity contribution in [3.05, 3.63) is 88.7 Å². The van der Waals surface area contributed by atoms with Gasteiger partial charge in [-0.15, -0.1) is 0 Å². The second-order valence-electron chi connectivity index (χ2n) is 7.50. The Morgan fingerprint density at radius 1 is 1.00 bits per heavy atom. The summed E-state index contributed by atoms with van der Waals surface area (Å²) in [5, 5.41) is 2.61. The highest BCUT2D eigenvalue weighted by atomic mass is 16.5. The van der Waals surface area contributed by atoms with Crippen LogP contribution in [0.3, 0.4) is 0 Å². The second-order valence-corrected chi connectivity index (χ2v) is 7.50. The molecule has 6 heteroatoms. The highest BCUT2D eigenvalue weighted by Crippen LogP contribution is 2.26. The molecule has 0 aliphatic heterocycles. The Morgan fingerprint density at radius 2 is 1.71 bits per heavy atom. The predicted molar refractivity (Wildman–Crippen MR) is 120 cm³/mol. The first-order valence-electron chi connectivity index (χ1n) is 10.1. The van der Waals surface area contributed by atoms with E-state index in [1.54, 1.807) is 18.2 Å². The van der Waals surface area contributed by atoms with Crippen molar-refractivity contribution in [2.75, 3.05) is 11.9 Å². The molecule has 0 radical (unpaired) electrons. The zero-order chi connectivity index (χ0) is 22.5. The maximum absolute atomic E-state index is 12.8. The van der Waals surface area contributed by atoms with Crippen LogP contribution >= 0.6 is 0 Å². The van der Waals surface area contributed by atoms with Gasteiger partial charge in [-0.25, -0.2) is 4.79 Å². The third-order valence-corrected chi connectivity index (χ3v) is 5.21. The number of ketones is 1. The number of nitrogens with zero attached hydrogens (tertiary/aromatic N) is 1. The fraction of sp³-hybridized carbons (Fsp3) is 0.240. The molecule has 0 fully saturated rings. The average molecular weight is 418 g/mol. The quantitative estimate of drug-likeness (QED) is 0.445. The van der Waals surface area contributed by atoms with Crippen LogP contribution in [0.2, 0.25) is 0 Å². The van der Waals surface area contributed by atoms with E-state index in [2.05, 4.69) is 28.9 Å². The summed E-state index contributed by atoms with van der Waals surface area (Å²) in [5.74, 6) is -1.11. The molecule has 1 heterocycles. The summed E-state index contributed by atoms with van der Waals surface area (Å²) in [6.45, 7) is 6.98. The Hall–Kier alpha value is -3.67. The second kappa shape index (κ2) is 9.43. The van der Waals surface area contributed by atoms with Gasteiger partial charge in [-0.2, -0.15) is 0 Å². The van der Waals surface area contributed by atoms with E-state index >= 15 is 0 Å². The maximum atomic E-state index is 12.8. The number of hydrogen-bond donors (Lipinski definition) is 1. The summed E-state index contributed by atoms with van der Waals surface area (Å²) in [6.07, 6.45) is 0. The zero-order valence-corrected chi connectivity index (χ0v) is 18.1. The SMILES string of the molecule is CC(=O)Nc1cccc(C(=O)OCC(=O)c2cc(C)n([C@@H](C)c3ccccc3)c2C)c1. The van der Waals surface area contributed by atoms with Crippen molar-refractivity contribution >= 4 is 23.3 Å². The molecule has 1 aromatic heterocycles. The molecule has 6 nitrogen and oxygen atoms in total. The van der Waals surface area contributed by atoms with Crippen molar-refractivity contribution in [2.24, 2.45) is 0 Å². The Labute approximate surface area is 181 Å². The molecule has 160 valence electrons. The molecule has 3 aromatic rings. The summed E-state index contributed by atoms with van der Waals surface area (Å²) >= 11 is 0. The average Bonchev–Trinajstić information content (AvgIpc) is 3.05. The molecule has 1 amide bonds. The lowest BCUT2D eigenvalue weighted by Crippen LogP contribution is -2.16. The number of aryl methyl sites for hydroxylation is 1. The van der Waals surface area contributed by atoms with Crippen LogP contribution in [0, 0.1) is 13.8 Å². The topological polar surface area (TPSA) is 77.4 Å². The standard InChI is InChI=1S/C25H26N2O4/c1-16-13-23(18(3)27(16)17(2)20-9-6-5-7-10-20)24(29)15-31-25(30)21-11-8-12-22(14-21)26-19(4)28/h5-14,17H,15H2,1-4H3,(H,26,28)/t17-/m0/s1. The smallest absolute Gasteiger partial charge is 0.338 e. The highest BCUT2D eigenvalue weighted by Gasteiger charge is 2.21. The summed E-state index contributed by atoms with van der Waals surface area (Å²) in [5.41, 5.74) is 4.25. The number of benzene rings is 2. The van der Waals surface area contributed by atoms with E-state index in [0.29, 0.717) is 11.3 Å². The maximum Gasteiger partial charge on any atom is 0.338 e. The molecule has 0 aliphatic carbocycles. The zero-order valence-electron chi connectivity index (χ0n) is 18.1. The molecule has 2 aromatic carbocycles. The monoisotopic (exact) mass is 418 g/mol. The van der Waals surface area contributed by atoms with E-state index in [1.807, 2.05) is 38.1 Å². The van der Waals surface area contributed by atoms with E-state index < -0.39 is 5.97 Å². The Balaban J connectivity index is 1.71. The van der Waals surface area contributed by atoms with Crippen molar-refractivity contribution in [1.82, 2.24) is 4.57 Å². The van der Waals surface area contributed by atoms with Crippen LogP contribution in [-0.4, -0.2) is 28.8 Å². The van der Waals surface area contributed by atoms with Gasteiger partial charge in [-0.1, -0.05) is 36.4 Å². The lowest BCUT2D eigenvalue weighted by Gasteiger charge is -2.19. The number of nitrogens with one attached hydrogen (secondary N) is 1. The van der Waals surface area contributed by atoms with E-state index in [4.69, 9.17) is 4.74 Å². The number of Topliss-reactive ketones (excluding diaryl/α,β-unsaturated/α-hetero) is 1. The van der Waals surface area contributed by atoms with Gasteiger partial charge in [0.1, 0.15) is 0 Å². The van der Waals surface area contributed by atoms with E-state index in [9.17, 15) is 14.4 Å². The Bertz CT molecular complexity index is 1120. The van der Waals surface area contributed by atoms with Gasteiger partial charge in [-0.05, 0) is 50.6 Å². The lowest BCUT2D eigenvalue weighted by atomic mass is 10.1. The van der Waals surface area contributed by atoms with Crippen molar-refractivity contribution < 1.29 is 19.1 Å². The summed E-state index contributed by atoms with van der Waals surface area (Å²) < 4.78 is 7.36. The number of esters is 1. The van der Waals surface area contributed by atoms with Gasteiger partial charge in [0.15, 0.2) is 6.61 Å². The first-order chi connectivity index (χ1) is 14.8. The Kier molecular flexibility index (Phi) is 6.70. The van der Waals surface area contributed by atoms with Gasteiger partial charge in [0.05, 0.1) is 11.6 Å². The van der Waals surface area contributed by atoms with Crippen molar-refractivity contribution in [3.63, 3.8) is 0 Å². The first-order valence-corrected chi connectivity index (χ1v) is 10.1. The summed E-state index contributed by atoms with van der Waals surface area (Å²) in [7, 11) is 0. The van der Waals surface area contributed by atoms with Gasteiger partial charge in [0.25, 0.3) is 0 Å². The third-order valence-electron chi connectivity index (χ3n) is 5.21. The van der Waals surface area contributed by atoms with Crippen LogP contribution in [0.15, 0.2) is 60.7 Å². The molecular weight excluding hydrogens is 392 g/mol. The van der Waals surface area contributed by atoms with Crippen molar-refractivity contribution in [2.45, 2.75) is 33.7 Å². The fourth-order valence-electron chi connectivity index (χ4n) is 3.76. The molecule has 0 bridgehead atoms. The number of amides is 1. The number of ether oxygens (including phenoxy) is 1. The van der Waals surface area contributed by atoms with Gasteiger partial charge < -0.3 is 14.6 Å². The van der Waals surface area contributed by atoms with Crippen LogP contribution in [0.1, 0.15) is 57.6 Å². The van der Waals surface area contributed by atoms with E-state index in [1.165, 1.54) is 13.0 Å². The highest BCUT2D eigenvalue weighted by molar-refractivity contribution is 6.00. The van der Waals surface area contributed by atoms with E-state index in [-0.39, 0.29) is 29.9 Å². The molecule has 1 atom stereocenters. The minimum absolute atomic E-state index is 0.0711. The number of carbonyl (C=O) groups excluding carboxylic acids is 3. The summed E-state index contributed by atoms with van der Waals surface area (Å²) in [6, 6.07) is 18.4. The number of rotatable bonds is 7. The molecule has 0 saturated heterocycles. The molecular formula is C25H26N2O4. The molecule has 0 saturated carbocycles. The van der Waals surface area contributed by atoms with Gasteiger partial charge in [0.2, 0.25) is 11.7 Å². The number of aromatic nitrogens is 1. The normalized spacial score (nSPS) is 11.6. The molecule has 31 heavy (non-hydrogen) atoms. The molecule has 0 aliphatic rings. The van der Waals surface area contributed by atoms with Crippen LogP contribution < -0.4 is 5.32 Å². The fourth-order valence-corrected chi connectivity index (χ4v) is 3.76. The third kappa shape index (κ3) is 5.09. The van der Waals surface area contributed by atoms with Crippen LogP contribution in [0.5, 0.6) is 0 Å². The minimum Gasteiger partial charge on any atom is -0.454 e. The number of anilines is 1. The van der Waals surface area contributed by atoms with Crippen LogP contribution in [0.4, 0.5) is 5.69 Å².